The van der Waals surface area contributed by atoms with Crippen molar-refractivity contribution >= 4 is 5.97 Å². The van der Waals surface area contributed by atoms with Crippen molar-refractivity contribution in [1.29, 1.82) is 0 Å². The topological polar surface area (TPSA) is 49.8 Å². The maximum atomic E-state index is 14.0. The molecule has 7 atom stereocenters. The van der Waals surface area contributed by atoms with Crippen LogP contribution in [0.5, 0.6) is 5.75 Å². The minimum atomic E-state index is -4.53. The van der Waals surface area contributed by atoms with Gasteiger partial charge in [0.05, 0.1) is 11.5 Å². The van der Waals surface area contributed by atoms with Crippen molar-refractivity contribution in [2.24, 2.45) is 23.7 Å². The highest BCUT2D eigenvalue weighted by molar-refractivity contribution is 5.71. The highest BCUT2D eigenvalue weighted by Crippen LogP contribution is 2.51. The fraction of sp³-hybridized carbons (Fsp3) is 0.581. The van der Waals surface area contributed by atoms with Gasteiger partial charge in [-0.25, -0.2) is 4.39 Å². The molecule has 2 aromatic rings. The number of aliphatic carboxylic acids is 1. The Labute approximate surface area is 226 Å². The van der Waals surface area contributed by atoms with Crippen LogP contribution in [0.15, 0.2) is 36.4 Å². The first-order chi connectivity index (χ1) is 18.5. The first-order valence-corrected chi connectivity index (χ1v) is 14.2. The highest BCUT2D eigenvalue weighted by atomic mass is 19.4. The summed E-state index contributed by atoms with van der Waals surface area (Å²) in [7, 11) is 0. The minimum absolute atomic E-state index is 0.00257. The van der Waals surface area contributed by atoms with Crippen molar-refractivity contribution in [3.8, 4) is 5.75 Å². The van der Waals surface area contributed by atoms with Gasteiger partial charge in [-0.15, -0.1) is 0 Å². The number of piperidine rings is 1. The Bertz CT molecular complexity index is 1260. The fourth-order valence-electron chi connectivity index (χ4n) is 7.77. The standard InChI is InChI=1S/C31H35F4NO3/c1-16(30(37)38)29(19-4-5-19)20-6-3-18-7-10-27(39-28(18)12-20)25-14-23-11-21(25)15-36(23)17(2)24-13-22(32)8-9-26(24)31(33,34)35/h3,6,8-9,12-13,16-17,19,21,23,25,27,29H,4-5,7,10-11,14-15H2,1-2H3,(H,37,38)/t16-,17+,21?,23?,25?,27?,29-/m0/s1. The second kappa shape index (κ2) is 9.79. The first-order valence-electron chi connectivity index (χ1n) is 14.2. The number of rotatable bonds is 7. The van der Waals surface area contributed by atoms with E-state index in [1.165, 1.54) is 0 Å². The second-order valence-corrected chi connectivity index (χ2v) is 12.2. The zero-order chi connectivity index (χ0) is 27.6. The van der Waals surface area contributed by atoms with Crippen LogP contribution in [0.25, 0.3) is 0 Å². The van der Waals surface area contributed by atoms with E-state index in [4.69, 9.17) is 4.74 Å². The number of hydrogen-bond donors (Lipinski definition) is 1. The third-order valence-electron chi connectivity index (χ3n) is 9.89. The molecule has 1 saturated heterocycles. The van der Waals surface area contributed by atoms with E-state index >= 15 is 0 Å². The van der Waals surface area contributed by atoms with Gasteiger partial charge in [0, 0.05) is 24.5 Å². The fourth-order valence-corrected chi connectivity index (χ4v) is 7.77. The van der Waals surface area contributed by atoms with E-state index in [-0.39, 0.29) is 23.6 Å². The normalized spacial score (nSPS) is 29.0. The molecule has 2 aliphatic heterocycles. The van der Waals surface area contributed by atoms with Crippen LogP contribution < -0.4 is 4.74 Å². The van der Waals surface area contributed by atoms with Crippen LogP contribution in [0.4, 0.5) is 17.6 Å². The van der Waals surface area contributed by atoms with Gasteiger partial charge in [0.25, 0.3) is 0 Å². The van der Waals surface area contributed by atoms with E-state index < -0.39 is 35.5 Å². The summed E-state index contributed by atoms with van der Waals surface area (Å²) in [4.78, 5) is 13.9. The van der Waals surface area contributed by atoms with Crippen molar-refractivity contribution in [3.63, 3.8) is 0 Å². The van der Waals surface area contributed by atoms with Gasteiger partial charge < -0.3 is 9.84 Å². The molecule has 2 aromatic carbocycles. The Morgan fingerprint density at radius 3 is 2.49 bits per heavy atom. The Morgan fingerprint density at radius 1 is 1.08 bits per heavy atom. The number of nitrogens with zero attached hydrogens (tertiary/aromatic N) is 1. The Balaban J connectivity index is 1.16. The second-order valence-electron chi connectivity index (χ2n) is 12.2. The van der Waals surface area contributed by atoms with Gasteiger partial charge in [-0.2, -0.15) is 13.2 Å². The number of ether oxygens (including phenoxy) is 1. The molecule has 4 unspecified atom stereocenters. The van der Waals surface area contributed by atoms with Gasteiger partial charge in [0.2, 0.25) is 0 Å². The molecule has 1 N–H and O–H groups in total. The van der Waals surface area contributed by atoms with Crippen molar-refractivity contribution in [1.82, 2.24) is 4.90 Å². The van der Waals surface area contributed by atoms with Gasteiger partial charge in [-0.1, -0.05) is 19.1 Å². The molecule has 4 aliphatic rings. The third kappa shape index (κ3) is 4.94. The molecule has 0 amide bonds. The number of carboxylic acids is 1. The van der Waals surface area contributed by atoms with E-state index in [9.17, 15) is 27.5 Å². The average Bonchev–Trinajstić information content (AvgIpc) is 3.51. The Kier molecular flexibility index (Phi) is 6.68. The van der Waals surface area contributed by atoms with Crippen LogP contribution in [-0.2, 0) is 17.4 Å². The summed E-state index contributed by atoms with van der Waals surface area (Å²) in [5.74, 6) is 0.0104. The van der Waals surface area contributed by atoms with Crippen molar-refractivity contribution < 1.29 is 32.2 Å². The molecule has 2 saturated carbocycles. The van der Waals surface area contributed by atoms with E-state index in [1.54, 1.807) is 13.8 Å². The third-order valence-corrected chi connectivity index (χ3v) is 9.89. The number of carboxylic acid groups (broad SMARTS) is 1. The van der Waals surface area contributed by atoms with Gasteiger partial charge in [0.15, 0.2) is 0 Å². The number of alkyl halides is 3. The summed E-state index contributed by atoms with van der Waals surface area (Å²) >= 11 is 0. The number of aryl methyl sites for hydroxylation is 1. The van der Waals surface area contributed by atoms with E-state index in [0.29, 0.717) is 24.3 Å². The van der Waals surface area contributed by atoms with Crippen LogP contribution in [0.2, 0.25) is 0 Å². The molecule has 8 heteroatoms. The summed E-state index contributed by atoms with van der Waals surface area (Å²) in [5.41, 5.74) is 1.43. The van der Waals surface area contributed by atoms with E-state index in [0.717, 1.165) is 73.6 Å². The lowest BCUT2D eigenvalue weighted by atomic mass is 9.81. The maximum absolute atomic E-state index is 14.0. The van der Waals surface area contributed by atoms with Gasteiger partial charge in [-0.3, -0.25) is 9.69 Å². The molecular weight excluding hydrogens is 510 g/mol. The number of fused-ring (bicyclic) bond motifs is 3. The van der Waals surface area contributed by atoms with Gasteiger partial charge >= 0.3 is 12.1 Å². The highest BCUT2D eigenvalue weighted by Gasteiger charge is 2.50. The molecule has 210 valence electrons. The predicted molar refractivity (Wildman–Crippen MR) is 138 cm³/mol. The lowest BCUT2D eigenvalue weighted by Crippen LogP contribution is -2.43. The van der Waals surface area contributed by atoms with Crippen LogP contribution in [0, 0.1) is 29.5 Å². The lowest BCUT2D eigenvalue weighted by molar-refractivity contribution is -0.142. The lowest BCUT2D eigenvalue weighted by Gasteiger charge is -2.40. The molecule has 2 heterocycles. The Morgan fingerprint density at radius 2 is 1.85 bits per heavy atom. The number of halogens is 4. The summed E-state index contributed by atoms with van der Waals surface area (Å²) in [6.45, 7) is 4.22. The summed E-state index contributed by atoms with van der Waals surface area (Å²) < 4.78 is 61.6. The Hall–Kier alpha value is -2.61. The zero-order valence-electron chi connectivity index (χ0n) is 22.3. The largest absolute Gasteiger partial charge is 0.490 e. The van der Waals surface area contributed by atoms with Crippen LogP contribution in [0.3, 0.4) is 0 Å². The molecule has 2 aliphatic carbocycles. The average molecular weight is 546 g/mol. The van der Waals surface area contributed by atoms with E-state index in [1.807, 2.05) is 0 Å². The summed E-state index contributed by atoms with van der Waals surface area (Å²) in [6.07, 6.45) is 1.19. The molecule has 0 aromatic heterocycles. The molecule has 0 radical (unpaired) electrons. The smallest absolute Gasteiger partial charge is 0.416 e. The molecule has 6 rings (SSSR count). The van der Waals surface area contributed by atoms with Crippen LogP contribution in [0.1, 0.15) is 80.2 Å². The summed E-state index contributed by atoms with van der Waals surface area (Å²) in [5, 5.41) is 9.67. The first kappa shape index (κ1) is 26.6. The molecule has 39 heavy (non-hydrogen) atoms. The van der Waals surface area contributed by atoms with E-state index in [2.05, 4.69) is 23.1 Å². The van der Waals surface area contributed by atoms with Crippen LogP contribution >= 0.6 is 0 Å². The maximum Gasteiger partial charge on any atom is 0.416 e. The number of carbonyl (C=O) groups is 1. The van der Waals surface area contributed by atoms with Crippen molar-refractivity contribution in [3.05, 3.63) is 64.5 Å². The van der Waals surface area contributed by atoms with Gasteiger partial charge in [-0.05, 0) is 104 Å². The number of likely N-dealkylation sites (tertiary alicyclic amines) is 1. The monoisotopic (exact) mass is 545 g/mol. The molecule has 3 fully saturated rings. The molecule has 2 bridgehead atoms. The minimum Gasteiger partial charge on any atom is -0.490 e. The quantitative estimate of drug-likeness (QED) is 0.373. The predicted octanol–water partition coefficient (Wildman–Crippen LogP) is 7.22. The zero-order valence-corrected chi connectivity index (χ0v) is 22.3. The van der Waals surface area contributed by atoms with Crippen molar-refractivity contribution in [2.45, 2.75) is 82.7 Å². The van der Waals surface area contributed by atoms with Crippen molar-refractivity contribution in [2.75, 3.05) is 6.54 Å². The summed E-state index contributed by atoms with van der Waals surface area (Å²) in [6, 6.07) is 8.61. The molecule has 4 nitrogen and oxygen atoms in total. The molecular formula is C31H35F4NO3. The number of hydrogen-bond acceptors (Lipinski definition) is 3. The van der Waals surface area contributed by atoms with Crippen LogP contribution in [-0.4, -0.2) is 34.7 Å². The van der Waals surface area contributed by atoms with Gasteiger partial charge in [0.1, 0.15) is 17.7 Å². The number of benzene rings is 2. The molecule has 0 spiro atoms. The SMILES string of the molecule is C[C@H](C(=O)O)[C@H](c1ccc2c(c1)OC(C1CC3CC1CN3[C@H](C)c1cc(F)ccc1C(F)(F)F)CC2)C1CC1.